The van der Waals surface area contributed by atoms with Gasteiger partial charge in [-0.3, -0.25) is 4.68 Å². The first-order chi connectivity index (χ1) is 13.4. The highest BCUT2D eigenvalue weighted by Gasteiger charge is 2.32. The Labute approximate surface area is 157 Å². The predicted octanol–water partition coefficient (Wildman–Crippen LogP) is 2.46. The zero-order chi connectivity index (χ0) is 19.7. The van der Waals surface area contributed by atoms with E-state index in [1.165, 1.54) is 23.1 Å². The molecule has 1 aliphatic heterocycles. The van der Waals surface area contributed by atoms with Gasteiger partial charge in [0.1, 0.15) is 18.8 Å². The van der Waals surface area contributed by atoms with E-state index in [1.807, 2.05) is 4.90 Å². The standard InChI is InChI=1S/C17H17F4N7/c18-14-1-3-15(4-2-14)25-5-7-26(8-6-25)16-22-11-28(24-16)12-27-10-13(9-23-27)17(19,20)21/h1-4,9-11H,5-8,12H2. The Balaban J connectivity index is 1.36. The predicted molar refractivity (Wildman–Crippen MR) is 93.5 cm³/mol. The Hall–Kier alpha value is -3.11. The number of anilines is 2. The van der Waals surface area contributed by atoms with E-state index < -0.39 is 11.7 Å². The molecule has 7 nitrogen and oxygen atoms in total. The first kappa shape index (κ1) is 18.3. The number of nitrogens with zero attached hydrogens (tertiary/aromatic N) is 7. The quantitative estimate of drug-likeness (QED) is 0.636. The van der Waals surface area contributed by atoms with Crippen LogP contribution in [0.3, 0.4) is 0 Å². The van der Waals surface area contributed by atoms with E-state index in [0.717, 1.165) is 35.9 Å². The number of alkyl halides is 3. The monoisotopic (exact) mass is 395 g/mol. The fraction of sp³-hybridized carbons (Fsp3) is 0.353. The summed E-state index contributed by atoms with van der Waals surface area (Å²) < 4.78 is 53.6. The van der Waals surface area contributed by atoms with Crippen LogP contribution in [0.2, 0.25) is 0 Å². The molecule has 1 saturated heterocycles. The normalized spacial score (nSPS) is 15.3. The lowest BCUT2D eigenvalue weighted by Gasteiger charge is -2.35. The lowest BCUT2D eigenvalue weighted by molar-refractivity contribution is -0.137. The minimum absolute atomic E-state index is 0.0403. The average Bonchev–Trinajstić information content (AvgIpc) is 3.32. The smallest absolute Gasteiger partial charge is 0.368 e. The second-order valence-electron chi connectivity index (χ2n) is 6.44. The molecular formula is C17H17F4N7. The van der Waals surface area contributed by atoms with Crippen LogP contribution < -0.4 is 9.80 Å². The van der Waals surface area contributed by atoms with Gasteiger partial charge in [-0.25, -0.2) is 14.1 Å². The number of hydrogen-bond acceptors (Lipinski definition) is 5. The SMILES string of the molecule is Fc1ccc(N2CCN(c3ncn(Cn4cc(C(F)(F)F)cn4)n3)CC2)cc1. The minimum Gasteiger partial charge on any atom is -0.368 e. The van der Waals surface area contributed by atoms with Crippen LogP contribution in [0, 0.1) is 5.82 Å². The van der Waals surface area contributed by atoms with Gasteiger partial charge in [0.2, 0.25) is 5.95 Å². The van der Waals surface area contributed by atoms with Crippen molar-refractivity contribution in [2.45, 2.75) is 12.8 Å². The summed E-state index contributed by atoms with van der Waals surface area (Å²) in [6.07, 6.45) is -1.23. The molecule has 0 amide bonds. The molecule has 0 spiro atoms. The van der Waals surface area contributed by atoms with E-state index in [0.29, 0.717) is 19.0 Å². The van der Waals surface area contributed by atoms with Gasteiger partial charge in [-0.15, -0.1) is 5.10 Å². The molecule has 0 saturated carbocycles. The highest BCUT2D eigenvalue weighted by atomic mass is 19.4. The van der Waals surface area contributed by atoms with Crippen molar-refractivity contribution in [3.05, 3.63) is 54.4 Å². The van der Waals surface area contributed by atoms with Crippen LogP contribution in [-0.4, -0.2) is 50.7 Å². The molecule has 4 rings (SSSR count). The van der Waals surface area contributed by atoms with Crippen molar-refractivity contribution in [3.63, 3.8) is 0 Å². The molecule has 11 heteroatoms. The Morgan fingerprint density at radius 1 is 0.929 bits per heavy atom. The van der Waals surface area contributed by atoms with Crippen molar-refractivity contribution < 1.29 is 17.6 Å². The van der Waals surface area contributed by atoms with Gasteiger partial charge in [-0.05, 0) is 24.3 Å². The molecule has 28 heavy (non-hydrogen) atoms. The first-order valence-electron chi connectivity index (χ1n) is 8.63. The van der Waals surface area contributed by atoms with Crippen LogP contribution in [-0.2, 0) is 12.8 Å². The number of aromatic nitrogens is 5. The van der Waals surface area contributed by atoms with Crippen molar-refractivity contribution in [2.24, 2.45) is 0 Å². The summed E-state index contributed by atoms with van der Waals surface area (Å²) in [6.45, 7) is 2.87. The summed E-state index contributed by atoms with van der Waals surface area (Å²) >= 11 is 0. The van der Waals surface area contributed by atoms with Crippen LogP contribution in [0.25, 0.3) is 0 Å². The number of rotatable bonds is 4. The van der Waals surface area contributed by atoms with Gasteiger partial charge in [-0.2, -0.15) is 18.3 Å². The lowest BCUT2D eigenvalue weighted by atomic mass is 10.2. The molecule has 0 radical (unpaired) electrons. The second kappa shape index (κ2) is 7.13. The third-order valence-corrected chi connectivity index (χ3v) is 4.53. The summed E-state index contributed by atoms with van der Waals surface area (Å²) in [7, 11) is 0. The molecule has 1 fully saturated rings. The highest BCUT2D eigenvalue weighted by Crippen LogP contribution is 2.28. The molecule has 2 aromatic heterocycles. The van der Waals surface area contributed by atoms with E-state index >= 15 is 0 Å². The largest absolute Gasteiger partial charge is 0.419 e. The Morgan fingerprint density at radius 2 is 1.61 bits per heavy atom. The zero-order valence-corrected chi connectivity index (χ0v) is 14.7. The summed E-state index contributed by atoms with van der Waals surface area (Å²) in [4.78, 5) is 8.40. The Morgan fingerprint density at radius 3 is 2.25 bits per heavy atom. The van der Waals surface area contributed by atoms with Crippen molar-refractivity contribution in [3.8, 4) is 0 Å². The molecule has 148 valence electrons. The maximum absolute atomic E-state index is 13.0. The summed E-state index contributed by atoms with van der Waals surface area (Å²) in [5, 5.41) is 8.04. The van der Waals surface area contributed by atoms with Gasteiger partial charge >= 0.3 is 6.18 Å². The molecule has 3 aromatic rings. The molecule has 0 N–H and O–H groups in total. The number of benzene rings is 1. The van der Waals surface area contributed by atoms with Crippen molar-refractivity contribution in [2.75, 3.05) is 36.0 Å². The summed E-state index contributed by atoms with van der Waals surface area (Å²) in [5.74, 6) is 0.249. The van der Waals surface area contributed by atoms with E-state index in [2.05, 4.69) is 20.1 Å². The second-order valence-corrected chi connectivity index (χ2v) is 6.44. The summed E-state index contributed by atoms with van der Waals surface area (Å²) in [6, 6.07) is 6.36. The molecule has 0 aliphatic carbocycles. The third-order valence-electron chi connectivity index (χ3n) is 4.53. The molecule has 0 unspecified atom stereocenters. The van der Waals surface area contributed by atoms with Crippen molar-refractivity contribution in [1.82, 2.24) is 24.5 Å². The molecule has 0 atom stereocenters. The van der Waals surface area contributed by atoms with Gasteiger partial charge in [0.15, 0.2) is 0 Å². The molecule has 1 aromatic carbocycles. The van der Waals surface area contributed by atoms with Crippen LogP contribution in [0.1, 0.15) is 5.56 Å². The van der Waals surface area contributed by atoms with E-state index in [1.54, 1.807) is 12.1 Å². The van der Waals surface area contributed by atoms with Gasteiger partial charge in [-0.1, -0.05) is 0 Å². The highest BCUT2D eigenvalue weighted by molar-refractivity contribution is 5.48. The van der Waals surface area contributed by atoms with Crippen LogP contribution in [0.5, 0.6) is 0 Å². The van der Waals surface area contributed by atoms with Gasteiger partial charge in [0, 0.05) is 38.1 Å². The maximum atomic E-state index is 13.0. The fourth-order valence-electron chi connectivity index (χ4n) is 3.05. The van der Waals surface area contributed by atoms with Crippen LogP contribution in [0.4, 0.5) is 29.2 Å². The first-order valence-corrected chi connectivity index (χ1v) is 8.63. The zero-order valence-electron chi connectivity index (χ0n) is 14.7. The van der Waals surface area contributed by atoms with Crippen molar-refractivity contribution in [1.29, 1.82) is 0 Å². The summed E-state index contributed by atoms with van der Waals surface area (Å²) in [5.41, 5.74) is 0.156. The number of piperazine rings is 1. The maximum Gasteiger partial charge on any atom is 0.419 e. The van der Waals surface area contributed by atoms with E-state index in [4.69, 9.17) is 0 Å². The van der Waals surface area contributed by atoms with Gasteiger partial charge in [0.25, 0.3) is 0 Å². The fourth-order valence-corrected chi connectivity index (χ4v) is 3.05. The number of hydrogen-bond donors (Lipinski definition) is 0. The average molecular weight is 395 g/mol. The number of halogens is 4. The third kappa shape index (κ3) is 3.92. The molecular weight excluding hydrogens is 378 g/mol. The Bertz CT molecular complexity index is 924. The Kier molecular flexibility index (Phi) is 4.65. The van der Waals surface area contributed by atoms with Crippen LogP contribution >= 0.6 is 0 Å². The van der Waals surface area contributed by atoms with E-state index in [-0.39, 0.29) is 12.5 Å². The van der Waals surface area contributed by atoms with Crippen molar-refractivity contribution >= 4 is 11.6 Å². The molecule has 3 heterocycles. The van der Waals surface area contributed by atoms with E-state index in [9.17, 15) is 17.6 Å². The molecule has 0 bridgehead atoms. The van der Waals surface area contributed by atoms with Crippen LogP contribution in [0.15, 0.2) is 43.0 Å². The van der Waals surface area contributed by atoms with Gasteiger partial charge < -0.3 is 9.80 Å². The topological polar surface area (TPSA) is 55.0 Å². The van der Waals surface area contributed by atoms with Gasteiger partial charge in [0.05, 0.1) is 11.8 Å². The molecule has 1 aliphatic rings. The minimum atomic E-state index is -4.42. The lowest BCUT2D eigenvalue weighted by Crippen LogP contribution is -2.47.